The first-order valence-electron chi connectivity index (χ1n) is 10.8. The van der Waals surface area contributed by atoms with Crippen LogP contribution in [0.2, 0.25) is 5.02 Å². The standard InChI is InChI=1S/C27H23ClN2O2/c28-20-9-4-8-19(16-20)27-22-10-5-11-23(31)21(22)12-13-24(27)32-25(17-26-29-14-15-30-26)18-6-2-1-3-7-18/h1-4,6-9,12-16,25H,5,10-11,17H2,(H,29,30)/t25-/m0/s1. The van der Waals surface area contributed by atoms with Gasteiger partial charge in [0.1, 0.15) is 17.7 Å². The van der Waals surface area contributed by atoms with Crippen LogP contribution < -0.4 is 4.74 Å². The number of ether oxygens (including phenoxy) is 1. The van der Waals surface area contributed by atoms with Crippen LogP contribution in [0.1, 0.15) is 46.3 Å². The van der Waals surface area contributed by atoms with Crippen LogP contribution in [0, 0.1) is 0 Å². The number of H-pyrrole nitrogens is 1. The number of benzene rings is 3. The van der Waals surface area contributed by atoms with Crippen LogP contribution in [0.25, 0.3) is 11.1 Å². The Bertz CT molecular complexity index is 1240. The molecule has 0 fully saturated rings. The van der Waals surface area contributed by atoms with E-state index < -0.39 is 0 Å². The van der Waals surface area contributed by atoms with Crippen LogP contribution in [-0.2, 0) is 12.8 Å². The zero-order valence-corrected chi connectivity index (χ0v) is 18.3. The summed E-state index contributed by atoms with van der Waals surface area (Å²) in [5.74, 6) is 1.80. The summed E-state index contributed by atoms with van der Waals surface area (Å²) >= 11 is 6.34. The summed E-state index contributed by atoms with van der Waals surface area (Å²) in [5, 5.41) is 0.656. The Kier molecular flexibility index (Phi) is 5.78. The maximum Gasteiger partial charge on any atom is 0.163 e. The zero-order chi connectivity index (χ0) is 21.9. The van der Waals surface area contributed by atoms with Gasteiger partial charge in [-0.15, -0.1) is 0 Å². The van der Waals surface area contributed by atoms with Crippen molar-refractivity contribution in [3.63, 3.8) is 0 Å². The molecule has 1 aliphatic rings. The van der Waals surface area contributed by atoms with E-state index in [4.69, 9.17) is 16.3 Å². The third-order valence-electron chi connectivity index (χ3n) is 5.89. The topological polar surface area (TPSA) is 55.0 Å². The number of fused-ring (bicyclic) bond motifs is 1. The van der Waals surface area contributed by atoms with E-state index in [0.29, 0.717) is 17.9 Å². The normalized spacial score (nSPS) is 14.1. The number of halogens is 1. The fraction of sp³-hybridized carbons (Fsp3) is 0.185. The van der Waals surface area contributed by atoms with Crippen molar-refractivity contribution >= 4 is 17.4 Å². The second-order valence-corrected chi connectivity index (χ2v) is 8.45. The molecule has 0 aliphatic heterocycles. The Hall–Kier alpha value is -3.37. The van der Waals surface area contributed by atoms with Gasteiger partial charge in [0.25, 0.3) is 0 Å². The molecule has 0 saturated carbocycles. The van der Waals surface area contributed by atoms with Gasteiger partial charge in [-0.3, -0.25) is 4.79 Å². The van der Waals surface area contributed by atoms with E-state index in [-0.39, 0.29) is 11.9 Å². The smallest absolute Gasteiger partial charge is 0.163 e. The third-order valence-corrected chi connectivity index (χ3v) is 6.13. The average molecular weight is 443 g/mol. The van der Waals surface area contributed by atoms with Crippen molar-refractivity contribution in [3.8, 4) is 16.9 Å². The lowest BCUT2D eigenvalue weighted by Crippen LogP contribution is -2.16. The Morgan fingerprint density at radius 2 is 1.91 bits per heavy atom. The van der Waals surface area contributed by atoms with Gasteiger partial charge in [-0.05, 0) is 53.8 Å². The number of aromatic amines is 1. The Labute approximate surface area is 192 Å². The average Bonchev–Trinajstić information content (AvgIpc) is 3.32. The van der Waals surface area contributed by atoms with Gasteiger partial charge in [0, 0.05) is 41.4 Å². The number of carbonyl (C=O) groups is 1. The van der Waals surface area contributed by atoms with Gasteiger partial charge in [0.15, 0.2) is 5.78 Å². The van der Waals surface area contributed by atoms with Gasteiger partial charge in [0.05, 0.1) is 0 Å². The van der Waals surface area contributed by atoms with E-state index >= 15 is 0 Å². The van der Waals surface area contributed by atoms with Crippen LogP contribution in [-0.4, -0.2) is 15.8 Å². The maximum absolute atomic E-state index is 12.6. The summed E-state index contributed by atoms with van der Waals surface area (Å²) in [5.41, 5.74) is 4.82. The molecule has 5 rings (SSSR count). The lowest BCUT2D eigenvalue weighted by molar-refractivity contribution is 0.0972. The monoisotopic (exact) mass is 442 g/mol. The first-order valence-corrected chi connectivity index (χ1v) is 11.2. The van der Waals surface area contributed by atoms with Crippen LogP contribution >= 0.6 is 11.6 Å². The number of Topliss-reactive ketones (excluding diaryl/α,β-unsaturated/α-hetero) is 1. The van der Waals surface area contributed by atoms with E-state index in [1.807, 2.05) is 60.8 Å². The highest BCUT2D eigenvalue weighted by Gasteiger charge is 2.25. The highest BCUT2D eigenvalue weighted by Crippen LogP contribution is 2.41. The molecule has 1 atom stereocenters. The first kappa shape index (κ1) is 20.5. The fourth-order valence-corrected chi connectivity index (χ4v) is 4.59. The number of carbonyl (C=O) groups excluding carboxylic acids is 1. The van der Waals surface area contributed by atoms with Crippen LogP contribution in [0.15, 0.2) is 79.1 Å². The largest absolute Gasteiger partial charge is 0.485 e. The summed E-state index contributed by atoms with van der Waals surface area (Å²) in [4.78, 5) is 20.2. The summed E-state index contributed by atoms with van der Waals surface area (Å²) in [6.07, 6.45) is 6.21. The summed E-state index contributed by atoms with van der Waals surface area (Å²) in [6, 6.07) is 21.7. The van der Waals surface area contributed by atoms with Gasteiger partial charge in [-0.1, -0.05) is 54.1 Å². The van der Waals surface area contributed by atoms with Gasteiger partial charge in [-0.25, -0.2) is 4.98 Å². The fourth-order valence-electron chi connectivity index (χ4n) is 4.40. The number of hydrogen-bond donors (Lipinski definition) is 1. The maximum atomic E-state index is 12.6. The molecular weight excluding hydrogens is 420 g/mol. The van der Waals surface area contributed by atoms with E-state index in [2.05, 4.69) is 22.1 Å². The van der Waals surface area contributed by atoms with Crippen molar-refractivity contribution in [2.24, 2.45) is 0 Å². The van der Waals surface area contributed by atoms with Crippen molar-refractivity contribution in [1.82, 2.24) is 9.97 Å². The van der Waals surface area contributed by atoms with Crippen molar-refractivity contribution in [2.45, 2.75) is 31.8 Å². The van der Waals surface area contributed by atoms with Gasteiger partial charge in [-0.2, -0.15) is 0 Å². The molecule has 0 unspecified atom stereocenters. The first-order chi connectivity index (χ1) is 15.7. The summed E-state index contributed by atoms with van der Waals surface area (Å²) in [7, 11) is 0. The molecule has 1 heterocycles. The SMILES string of the molecule is O=C1CCCc2c1ccc(O[C@@H](Cc1ncc[nH]1)c1ccccc1)c2-c1cccc(Cl)c1. The summed E-state index contributed by atoms with van der Waals surface area (Å²) in [6.45, 7) is 0. The third kappa shape index (κ3) is 4.19. The molecular formula is C27H23ClN2O2. The van der Waals surface area contributed by atoms with Gasteiger partial charge >= 0.3 is 0 Å². The van der Waals surface area contributed by atoms with E-state index in [9.17, 15) is 4.79 Å². The number of aromatic nitrogens is 2. The van der Waals surface area contributed by atoms with Crippen molar-refractivity contribution in [1.29, 1.82) is 0 Å². The Balaban J connectivity index is 1.62. The number of rotatable bonds is 6. The summed E-state index contributed by atoms with van der Waals surface area (Å²) < 4.78 is 6.69. The molecule has 1 N–H and O–H groups in total. The molecule has 1 aliphatic carbocycles. The van der Waals surface area contributed by atoms with Crippen LogP contribution in [0.3, 0.4) is 0 Å². The molecule has 0 radical (unpaired) electrons. The minimum Gasteiger partial charge on any atom is -0.485 e. The molecule has 4 nitrogen and oxygen atoms in total. The molecule has 4 aromatic rings. The van der Waals surface area contributed by atoms with E-state index in [0.717, 1.165) is 52.2 Å². The number of hydrogen-bond acceptors (Lipinski definition) is 3. The van der Waals surface area contributed by atoms with Crippen LogP contribution in [0.5, 0.6) is 5.75 Å². The highest BCUT2D eigenvalue weighted by molar-refractivity contribution is 6.30. The number of nitrogens with zero attached hydrogens (tertiary/aromatic N) is 1. The molecule has 0 bridgehead atoms. The molecule has 3 aromatic carbocycles. The number of ketones is 1. The zero-order valence-electron chi connectivity index (χ0n) is 17.6. The second-order valence-electron chi connectivity index (χ2n) is 8.01. The second kappa shape index (κ2) is 9.01. The van der Waals surface area contributed by atoms with Crippen molar-refractivity contribution in [3.05, 3.63) is 107 Å². The van der Waals surface area contributed by atoms with E-state index in [1.165, 1.54) is 0 Å². The highest BCUT2D eigenvalue weighted by atomic mass is 35.5. The lowest BCUT2D eigenvalue weighted by Gasteiger charge is -2.25. The Morgan fingerprint density at radius 3 is 2.69 bits per heavy atom. The molecule has 1 aromatic heterocycles. The predicted molar refractivity (Wildman–Crippen MR) is 126 cm³/mol. The molecule has 0 amide bonds. The van der Waals surface area contributed by atoms with Crippen molar-refractivity contribution in [2.75, 3.05) is 0 Å². The molecule has 32 heavy (non-hydrogen) atoms. The molecule has 5 heteroatoms. The lowest BCUT2D eigenvalue weighted by atomic mass is 9.84. The number of nitrogens with one attached hydrogen (secondary N) is 1. The van der Waals surface area contributed by atoms with Crippen molar-refractivity contribution < 1.29 is 9.53 Å². The number of imidazole rings is 1. The predicted octanol–water partition coefficient (Wildman–Crippen LogP) is 6.61. The minimum atomic E-state index is -0.238. The van der Waals surface area contributed by atoms with Crippen LogP contribution in [0.4, 0.5) is 0 Å². The van der Waals surface area contributed by atoms with Gasteiger partial charge < -0.3 is 9.72 Å². The molecule has 160 valence electrons. The van der Waals surface area contributed by atoms with Gasteiger partial charge in [0.2, 0.25) is 0 Å². The molecule has 0 saturated heterocycles. The van der Waals surface area contributed by atoms with E-state index in [1.54, 1.807) is 6.20 Å². The quantitative estimate of drug-likeness (QED) is 0.365. The minimum absolute atomic E-state index is 0.191. The molecule has 0 spiro atoms. The Morgan fingerprint density at radius 1 is 1.03 bits per heavy atom.